The van der Waals surface area contributed by atoms with Gasteiger partial charge in [-0.1, -0.05) is 12.1 Å². The van der Waals surface area contributed by atoms with Crippen LogP contribution in [0.15, 0.2) is 40.0 Å². The van der Waals surface area contributed by atoms with E-state index in [9.17, 15) is 14.4 Å². The Morgan fingerprint density at radius 1 is 1.04 bits per heavy atom. The van der Waals surface area contributed by atoms with Crippen LogP contribution in [0.2, 0.25) is 0 Å². The summed E-state index contributed by atoms with van der Waals surface area (Å²) < 4.78 is 3.33. The lowest BCUT2D eigenvalue weighted by atomic mass is 10.2. The van der Waals surface area contributed by atoms with Crippen LogP contribution in [-0.2, 0) is 4.79 Å². The van der Waals surface area contributed by atoms with Crippen molar-refractivity contribution in [2.24, 2.45) is 0 Å². The number of rotatable bonds is 2. The van der Waals surface area contributed by atoms with Crippen molar-refractivity contribution in [3.05, 3.63) is 68.4 Å². The van der Waals surface area contributed by atoms with Gasteiger partial charge in [-0.05, 0) is 62.4 Å². The van der Waals surface area contributed by atoms with E-state index in [1.165, 1.54) is 11.7 Å². The van der Waals surface area contributed by atoms with Crippen molar-refractivity contribution in [1.29, 1.82) is 0 Å². The lowest BCUT2D eigenvalue weighted by Gasteiger charge is -2.16. The largest absolute Gasteiger partial charge is 0.293 e. The number of likely N-dealkylation sites (N-methyl/N-ethyl adjacent to an activating group) is 1. The van der Waals surface area contributed by atoms with Gasteiger partial charge in [-0.2, -0.15) is 4.68 Å². The molecule has 1 aromatic carbocycles. The lowest BCUT2D eigenvalue weighted by Crippen LogP contribution is -2.30. The van der Waals surface area contributed by atoms with Gasteiger partial charge in [-0.15, -0.1) is 0 Å². The summed E-state index contributed by atoms with van der Waals surface area (Å²) in [4.78, 5) is 43.1. The minimum atomic E-state index is -0.319. The summed E-state index contributed by atoms with van der Waals surface area (Å²) in [7, 11) is 1.46. The zero-order chi connectivity index (χ0) is 20.2. The van der Waals surface area contributed by atoms with Crippen molar-refractivity contribution < 1.29 is 9.59 Å². The topological polar surface area (TPSA) is 77.2 Å². The lowest BCUT2D eigenvalue weighted by molar-refractivity contribution is -0.121. The Kier molecular flexibility index (Phi) is 4.23. The zero-order valence-corrected chi connectivity index (χ0v) is 16.7. The first-order valence-electron chi connectivity index (χ1n) is 8.69. The summed E-state index contributed by atoms with van der Waals surface area (Å²) in [5, 5.41) is 0.241. The van der Waals surface area contributed by atoms with Crippen LogP contribution < -0.4 is 5.56 Å². The quantitative estimate of drug-likeness (QED) is 0.624. The number of fused-ring (bicyclic) bond motifs is 1. The Bertz CT molecular complexity index is 1250. The first-order valence-corrected chi connectivity index (χ1v) is 9.51. The van der Waals surface area contributed by atoms with Crippen molar-refractivity contribution >= 4 is 39.9 Å². The normalized spacial score (nSPS) is 16.0. The van der Waals surface area contributed by atoms with Gasteiger partial charge >= 0.3 is 0 Å². The third-order valence-electron chi connectivity index (χ3n) is 4.82. The number of amides is 2. The van der Waals surface area contributed by atoms with Crippen LogP contribution in [0.25, 0.3) is 17.0 Å². The van der Waals surface area contributed by atoms with E-state index in [-0.39, 0.29) is 16.7 Å². The second kappa shape index (κ2) is 6.49. The summed E-state index contributed by atoms with van der Waals surface area (Å²) >= 11 is 0.913. The fourth-order valence-corrected chi connectivity index (χ4v) is 4.21. The maximum absolute atomic E-state index is 13.1. The molecule has 0 aliphatic carbocycles. The number of imide groups is 1. The minimum absolute atomic E-state index is 0.162. The Balaban J connectivity index is 1.90. The van der Waals surface area contributed by atoms with Crippen LogP contribution in [0.3, 0.4) is 0 Å². The number of carbonyl (C=O) groups is 2. The fraction of sp³-hybridized carbons (Fsp3) is 0.200. The summed E-state index contributed by atoms with van der Waals surface area (Å²) in [6.45, 7) is 5.54. The third kappa shape index (κ3) is 2.68. The van der Waals surface area contributed by atoms with Gasteiger partial charge in [-0.25, -0.2) is 4.98 Å². The van der Waals surface area contributed by atoms with E-state index in [1.807, 2.05) is 38.1 Å². The second-order valence-corrected chi connectivity index (χ2v) is 7.67. The molecule has 0 atom stereocenters. The van der Waals surface area contributed by atoms with Crippen molar-refractivity contribution in [3.63, 3.8) is 0 Å². The van der Waals surface area contributed by atoms with Gasteiger partial charge in [-0.3, -0.25) is 24.0 Å². The van der Waals surface area contributed by atoms with Crippen molar-refractivity contribution in [1.82, 2.24) is 19.2 Å². The highest BCUT2D eigenvalue weighted by molar-refractivity contribution is 8.18. The second-order valence-electron chi connectivity index (χ2n) is 6.67. The van der Waals surface area contributed by atoms with Gasteiger partial charge in [0.2, 0.25) is 0 Å². The molecule has 0 N–H and O–H groups in total. The summed E-state index contributed by atoms with van der Waals surface area (Å²) in [6, 6.07) is 9.12. The minimum Gasteiger partial charge on any atom is -0.272 e. The maximum atomic E-state index is 13.1. The van der Waals surface area contributed by atoms with E-state index in [0.717, 1.165) is 33.6 Å². The van der Waals surface area contributed by atoms with Gasteiger partial charge < -0.3 is 0 Å². The molecule has 0 saturated carbocycles. The molecule has 3 aromatic rings. The molecule has 0 unspecified atom stereocenters. The fourth-order valence-electron chi connectivity index (χ4n) is 3.39. The number of carbonyl (C=O) groups excluding carboxylic acids is 2. The Hall–Kier alpha value is -3.13. The molecule has 28 heavy (non-hydrogen) atoms. The van der Waals surface area contributed by atoms with E-state index in [0.29, 0.717) is 21.6 Å². The monoisotopic (exact) mass is 394 g/mol. The molecule has 1 fully saturated rings. The Morgan fingerprint density at radius 2 is 1.75 bits per heavy atom. The van der Waals surface area contributed by atoms with Gasteiger partial charge in [0.1, 0.15) is 5.82 Å². The van der Waals surface area contributed by atoms with E-state index >= 15 is 0 Å². The zero-order valence-electron chi connectivity index (χ0n) is 15.9. The molecule has 142 valence electrons. The number of hydrogen-bond acceptors (Lipinski definition) is 5. The van der Waals surface area contributed by atoms with Crippen LogP contribution >= 0.6 is 11.8 Å². The molecule has 8 heteroatoms. The molecule has 1 saturated heterocycles. The predicted molar refractivity (Wildman–Crippen MR) is 109 cm³/mol. The van der Waals surface area contributed by atoms with Gasteiger partial charge in [0.15, 0.2) is 0 Å². The molecule has 1 aliphatic rings. The number of nitrogens with zero attached hydrogens (tertiary/aromatic N) is 4. The number of hydrogen-bond donors (Lipinski definition) is 0. The van der Waals surface area contributed by atoms with Crippen LogP contribution in [0.4, 0.5) is 4.79 Å². The van der Waals surface area contributed by atoms with Crippen molar-refractivity contribution in [2.75, 3.05) is 7.05 Å². The summed E-state index contributed by atoms with van der Waals surface area (Å²) in [6.07, 6.45) is 1.70. The molecule has 2 amide bonds. The molecule has 7 nitrogen and oxygen atoms in total. The number of benzene rings is 1. The highest BCUT2D eigenvalue weighted by atomic mass is 32.2. The average Bonchev–Trinajstić information content (AvgIpc) is 3.06. The van der Waals surface area contributed by atoms with E-state index in [1.54, 1.807) is 23.7 Å². The molecule has 2 aromatic heterocycles. The van der Waals surface area contributed by atoms with Crippen molar-refractivity contribution in [3.8, 4) is 0 Å². The van der Waals surface area contributed by atoms with Gasteiger partial charge in [0, 0.05) is 18.4 Å². The molecular formula is C20H18N4O3S. The maximum Gasteiger partial charge on any atom is 0.293 e. The average molecular weight is 394 g/mol. The Morgan fingerprint density at radius 3 is 2.43 bits per heavy atom. The first kappa shape index (κ1) is 18.2. The highest BCUT2D eigenvalue weighted by Crippen LogP contribution is 2.32. The van der Waals surface area contributed by atoms with E-state index < -0.39 is 0 Å². The van der Waals surface area contributed by atoms with Crippen LogP contribution in [0.5, 0.6) is 0 Å². The van der Waals surface area contributed by atoms with E-state index in [2.05, 4.69) is 4.98 Å². The molecular weight excluding hydrogens is 376 g/mol. The molecule has 0 radical (unpaired) electrons. The highest BCUT2D eigenvalue weighted by Gasteiger charge is 2.32. The van der Waals surface area contributed by atoms with Crippen LogP contribution in [-0.4, -0.2) is 37.4 Å². The first-order chi connectivity index (χ1) is 13.3. The SMILES string of the molecule is Cc1cc(C=C2SC(=O)N(C)C2=O)c(C)n1-n1c(C)nc2ccccc2c1=O. The van der Waals surface area contributed by atoms with Crippen molar-refractivity contribution in [2.45, 2.75) is 20.8 Å². The Labute approximate surface area is 165 Å². The van der Waals surface area contributed by atoms with Crippen LogP contribution in [0.1, 0.15) is 22.8 Å². The molecule has 0 bridgehead atoms. The third-order valence-corrected chi connectivity index (χ3v) is 5.78. The summed E-state index contributed by atoms with van der Waals surface area (Å²) in [5.41, 5.74) is 2.87. The molecule has 3 heterocycles. The predicted octanol–water partition coefficient (Wildman–Crippen LogP) is 3.10. The number of aryl methyl sites for hydroxylation is 2. The van der Waals surface area contributed by atoms with Gasteiger partial charge in [0.25, 0.3) is 16.7 Å². The molecule has 1 aliphatic heterocycles. The van der Waals surface area contributed by atoms with E-state index in [4.69, 9.17) is 0 Å². The van der Waals surface area contributed by atoms with Gasteiger partial charge in [0.05, 0.1) is 15.8 Å². The van der Waals surface area contributed by atoms with Crippen LogP contribution in [0, 0.1) is 20.8 Å². The number of para-hydroxylation sites is 1. The number of aromatic nitrogens is 3. The summed E-state index contributed by atoms with van der Waals surface area (Å²) in [5.74, 6) is 0.242. The number of thioether (sulfide) groups is 1. The molecule has 4 rings (SSSR count). The standard InChI is InChI=1S/C20H18N4O3S/c1-11-9-14(10-17-19(26)22(4)20(27)28-17)12(2)23(11)24-13(3)21-16-8-6-5-7-15(16)18(24)25/h5-10H,1-4H3. The molecule has 0 spiro atoms. The smallest absolute Gasteiger partial charge is 0.272 e.